The number of hydrogen-bond acceptors (Lipinski definition) is 3. The van der Waals surface area contributed by atoms with Crippen LogP contribution in [0.1, 0.15) is 5.56 Å². The largest absolute Gasteiger partial charge is 0.496 e. The molecule has 1 heterocycles. The van der Waals surface area contributed by atoms with E-state index in [2.05, 4.69) is 0 Å². The molecule has 1 aromatic heterocycles. The molecule has 2 nitrogen and oxygen atoms in total. The molecule has 0 aliphatic carbocycles. The molecule has 0 amide bonds. The summed E-state index contributed by atoms with van der Waals surface area (Å²) in [6, 6.07) is 5.80. The Morgan fingerprint density at radius 1 is 1.38 bits per heavy atom. The summed E-state index contributed by atoms with van der Waals surface area (Å²) in [7, 11) is 1.66. The molecule has 13 heavy (non-hydrogen) atoms. The number of thiophene rings is 1. The van der Waals surface area contributed by atoms with Crippen LogP contribution in [0.2, 0.25) is 0 Å². The molecule has 0 spiro atoms. The second-order valence-electron chi connectivity index (χ2n) is 2.75. The van der Waals surface area contributed by atoms with E-state index in [-0.39, 0.29) is 6.61 Å². The molecule has 0 aliphatic rings. The predicted molar refractivity (Wildman–Crippen MR) is 54.3 cm³/mol. The standard InChI is InChI=1S/C10H10O2S/c1-12-9-3-2-7(6-11)10-8(9)4-5-13-10/h2-5,11H,6H2,1H3. The number of rotatable bonds is 2. The van der Waals surface area contributed by atoms with Crippen molar-refractivity contribution < 1.29 is 9.84 Å². The zero-order valence-corrected chi connectivity index (χ0v) is 8.10. The molecular formula is C10H10O2S. The lowest BCUT2D eigenvalue weighted by Gasteiger charge is -2.04. The minimum absolute atomic E-state index is 0.0843. The van der Waals surface area contributed by atoms with E-state index >= 15 is 0 Å². The molecule has 0 aliphatic heterocycles. The van der Waals surface area contributed by atoms with Crippen molar-refractivity contribution in [2.24, 2.45) is 0 Å². The first-order valence-electron chi connectivity index (χ1n) is 4.00. The van der Waals surface area contributed by atoms with Crippen LogP contribution in [0, 0.1) is 0 Å². The Labute approximate surface area is 80.4 Å². The number of benzene rings is 1. The monoisotopic (exact) mass is 194 g/mol. The van der Waals surface area contributed by atoms with E-state index in [0.717, 1.165) is 21.4 Å². The van der Waals surface area contributed by atoms with Gasteiger partial charge in [0.2, 0.25) is 0 Å². The van der Waals surface area contributed by atoms with Crippen molar-refractivity contribution in [3.05, 3.63) is 29.1 Å². The van der Waals surface area contributed by atoms with Gasteiger partial charge in [-0.05, 0) is 23.1 Å². The number of fused-ring (bicyclic) bond motifs is 1. The number of aliphatic hydroxyl groups excluding tert-OH is 1. The van der Waals surface area contributed by atoms with E-state index in [0.29, 0.717) is 0 Å². The second-order valence-corrected chi connectivity index (χ2v) is 3.66. The summed E-state index contributed by atoms with van der Waals surface area (Å²) < 4.78 is 6.32. The van der Waals surface area contributed by atoms with Crippen molar-refractivity contribution in [1.29, 1.82) is 0 Å². The Bertz CT molecular complexity index is 382. The van der Waals surface area contributed by atoms with Crippen LogP contribution in [0.25, 0.3) is 10.1 Å². The number of methoxy groups -OCH3 is 1. The van der Waals surface area contributed by atoms with Gasteiger partial charge in [0.05, 0.1) is 13.7 Å². The Hall–Kier alpha value is -1.06. The van der Waals surface area contributed by atoms with Gasteiger partial charge in [0, 0.05) is 10.1 Å². The zero-order valence-electron chi connectivity index (χ0n) is 7.28. The minimum atomic E-state index is 0.0843. The van der Waals surface area contributed by atoms with Gasteiger partial charge in [0.15, 0.2) is 0 Å². The molecule has 0 fully saturated rings. The van der Waals surface area contributed by atoms with E-state index < -0.39 is 0 Å². The highest BCUT2D eigenvalue weighted by molar-refractivity contribution is 7.17. The van der Waals surface area contributed by atoms with Crippen molar-refractivity contribution in [1.82, 2.24) is 0 Å². The summed E-state index contributed by atoms with van der Waals surface area (Å²) >= 11 is 1.63. The van der Waals surface area contributed by atoms with Crippen molar-refractivity contribution in [2.75, 3.05) is 7.11 Å². The molecule has 2 aromatic rings. The topological polar surface area (TPSA) is 29.5 Å². The Morgan fingerprint density at radius 3 is 2.92 bits per heavy atom. The van der Waals surface area contributed by atoms with Crippen molar-refractivity contribution in [2.45, 2.75) is 6.61 Å². The molecular weight excluding hydrogens is 184 g/mol. The highest BCUT2D eigenvalue weighted by Gasteiger charge is 2.06. The Balaban J connectivity index is 2.74. The van der Waals surface area contributed by atoms with Gasteiger partial charge in [-0.1, -0.05) is 6.07 Å². The lowest BCUT2D eigenvalue weighted by molar-refractivity contribution is 0.283. The Kier molecular flexibility index (Phi) is 2.20. The van der Waals surface area contributed by atoms with Gasteiger partial charge < -0.3 is 9.84 Å². The van der Waals surface area contributed by atoms with E-state index in [1.807, 2.05) is 23.6 Å². The third kappa shape index (κ3) is 1.30. The van der Waals surface area contributed by atoms with Gasteiger partial charge >= 0.3 is 0 Å². The molecule has 2 rings (SSSR count). The maximum absolute atomic E-state index is 9.08. The molecule has 0 atom stereocenters. The first-order valence-corrected chi connectivity index (χ1v) is 4.88. The third-order valence-corrected chi connectivity index (χ3v) is 3.04. The predicted octanol–water partition coefficient (Wildman–Crippen LogP) is 2.40. The minimum Gasteiger partial charge on any atom is -0.496 e. The summed E-state index contributed by atoms with van der Waals surface area (Å²) in [6.45, 7) is 0.0843. The Morgan fingerprint density at radius 2 is 2.23 bits per heavy atom. The summed E-state index contributed by atoms with van der Waals surface area (Å²) in [5, 5.41) is 12.2. The van der Waals surface area contributed by atoms with Gasteiger partial charge in [0.1, 0.15) is 5.75 Å². The van der Waals surface area contributed by atoms with Gasteiger partial charge in [-0.25, -0.2) is 0 Å². The van der Waals surface area contributed by atoms with Crippen LogP contribution in [0.5, 0.6) is 5.75 Å². The van der Waals surface area contributed by atoms with Gasteiger partial charge in [-0.3, -0.25) is 0 Å². The second kappa shape index (κ2) is 3.36. The summed E-state index contributed by atoms with van der Waals surface area (Å²) in [4.78, 5) is 0. The lowest BCUT2D eigenvalue weighted by atomic mass is 10.1. The SMILES string of the molecule is COc1ccc(CO)c2sccc12. The van der Waals surface area contributed by atoms with E-state index in [1.54, 1.807) is 18.4 Å². The summed E-state index contributed by atoms with van der Waals surface area (Å²) in [5.41, 5.74) is 0.964. The van der Waals surface area contributed by atoms with Crippen LogP contribution in [0.3, 0.4) is 0 Å². The quantitative estimate of drug-likeness (QED) is 0.795. The molecule has 0 saturated carbocycles. The molecule has 0 saturated heterocycles. The molecule has 0 unspecified atom stereocenters. The van der Waals surface area contributed by atoms with Gasteiger partial charge in [0.25, 0.3) is 0 Å². The van der Waals surface area contributed by atoms with Crippen LogP contribution in [0.15, 0.2) is 23.6 Å². The van der Waals surface area contributed by atoms with Crippen LogP contribution in [0.4, 0.5) is 0 Å². The fourth-order valence-electron chi connectivity index (χ4n) is 1.40. The highest BCUT2D eigenvalue weighted by Crippen LogP contribution is 2.32. The van der Waals surface area contributed by atoms with Crippen LogP contribution in [-0.4, -0.2) is 12.2 Å². The zero-order chi connectivity index (χ0) is 9.26. The first-order chi connectivity index (χ1) is 6.36. The number of hydrogen-bond donors (Lipinski definition) is 1. The average Bonchev–Trinajstić information content (AvgIpc) is 2.64. The van der Waals surface area contributed by atoms with Crippen LogP contribution >= 0.6 is 11.3 Å². The van der Waals surface area contributed by atoms with E-state index in [1.165, 1.54) is 0 Å². The fraction of sp³-hybridized carbons (Fsp3) is 0.200. The van der Waals surface area contributed by atoms with Gasteiger partial charge in [-0.15, -0.1) is 11.3 Å². The molecule has 3 heteroatoms. The summed E-state index contributed by atoms with van der Waals surface area (Å²) in [6.07, 6.45) is 0. The maximum atomic E-state index is 9.08. The van der Waals surface area contributed by atoms with Crippen LogP contribution in [-0.2, 0) is 6.61 Å². The fourth-order valence-corrected chi connectivity index (χ4v) is 2.32. The number of ether oxygens (including phenoxy) is 1. The normalized spacial score (nSPS) is 10.6. The maximum Gasteiger partial charge on any atom is 0.127 e. The average molecular weight is 194 g/mol. The molecule has 0 radical (unpaired) electrons. The van der Waals surface area contributed by atoms with Crippen molar-refractivity contribution >= 4 is 21.4 Å². The highest BCUT2D eigenvalue weighted by atomic mass is 32.1. The molecule has 1 aromatic carbocycles. The summed E-state index contributed by atoms with van der Waals surface area (Å²) in [5.74, 6) is 0.869. The molecule has 68 valence electrons. The van der Waals surface area contributed by atoms with E-state index in [9.17, 15) is 0 Å². The van der Waals surface area contributed by atoms with Crippen molar-refractivity contribution in [3.8, 4) is 5.75 Å². The van der Waals surface area contributed by atoms with Crippen molar-refractivity contribution in [3.63, 3.8) is 0 Å². The molecule has 1 N–H and O–H groups in total. The van der Waals surface area contributed by atoms with E-state index in [4.69, 9.17) is 9.84 Å². The molecule has 0 bridgehead atoms. The third-order valence-electron chi connectivity index (χ3n) is 2.05. The van der Waals surface area contributed by atoms with Crippen LogP contribution < -0.4 is 4.74 Å². The first kappa shape index (κ1) is 8.53. The number of aliphatic hydroxyl groups is 1. The van der Waals surface area contributed by atoms with Gasteiger partial charge in [-0.2, -0.15) is 0 Å². The lowest BCUT2D eigenvalue weighted by Crippen LogP contribution is -1.87. The smallest absolute Gasteiger partial charge is 0.127 e.